The summed E-state index contributed by atoms with van der Waals surface area (Å²) in [6.07, 6.45) is 2.32. The number of amides is 2. The Morgan fingerprint density at radius 1 is 1.07 bits per heavy atom. The number of imide groups is 1. The molecule has 3 rings (SSSR count). The lowest BCUT2D eigenvalue weighted by molar-refractivity contribution is -0.122. The average molecular weight is 428 g/mol. The molecule has 0 bridgehead atoms. The molecule has 2 aromatic carbocycles. The number of carbonyl (C=O) groups is 2. The number of nitrogens with zero attached hydrogens (tertiary/aromatic N) is 1. The molecule has 2 amide bonds. The summed E-state index contributed by atoms with van der Waals surface area (Å²) < 4.78 is 16.4. The molecule has 0 aromatic heterocycles. The fourth-order valence-electron chi connectivity index (χ4n) is 3.07. The molecule has 6 nitrogen and oxygen atoms in total. The van der Waals surface area contributed by atoms with E-state index in [-0.39, 0.29) is 11.1 Å². The van der Waals surface area contributed by atoms with E-state index in [4.69, 9.17) is 14.2 Å². The van der Waals surface area contributed by atoms with Crippen molar-refractivity contribution in [1.29, 1.82) is 0 Å². The van der Waals surface area contributed by atoms with Crippen LogP contribution in [-0.2, 0) is 16.1 Å². The number of hydrogen-bond acceptors (Lipinski definition) is 6. The van der Waals surface area contributed by atoms with Gasteiger partial charge in [-0.15, -0.1) is 0 Å². The maximum Gasteiger partial charge on any atom is 0.293 e. The van der Waals surface area contributed by atoms with Crippen molar-refractivity contribution in [3.05, 3.63) is 64.1 Å². The molecule has 0 unspecified atom stereocenters. The number of ether oxygens (including phenoxy) is 3. The van der Waals surface area contributed by atoms with Gasteiger partial charge in [0, 0.05) is 20.3 Å². The first kappa shape index (κ1) is 21.9. The minimum absolute atomic E-state index is 0.257. The van der Waals surface area contributed by atoms with Crippen molar-refractivity contribution >= 4 is 29.0 Å². The predicted octanol–water partition coefficient (Wildman–Crippen LogP) is 4.66. The molecule has 158 valence electrons. The van der Waals surface area contributed by atoms with E-state index in [2.05, 4.69) is 6.07 Å². The lowest BCUT2D eigenvalue weighted by atomic mass is 10.1. The molecular weight excluding hydrogens is 402 g/mol. The number of hydrogen-bond donors (Lipinski definition) is 0. The molecule has 0 radical (unpaired) electrons. The molecule has 2 aromatic rings. The van der Waals surface area contributed by atoms with E-state index < -0.39 is 0 Å². The van der Waals surface area contributed by atoms with Crippen molar-refractivity contribution in [3.63, 3.8) is 0 Å². The molecule has 7 heteroatoms. The zero-order valence-electron chi connectivity index (χ0n) is 17.3. The molecule has 0 N–H and O–H groups in total. The van der Waals surface area contributed by atoms with Crippen LogP contribution >= 0.6 is 11.8 Å². The Morgan fingerprint density at radius 3 is 2.63 bits per heavy atom. The SMILES string of the molecule is COCCCN1C(=O)S/C(=C/c2ccc(OCc3cccc(C)c3)c(OC)c2)C1=O. The summed E-state index contributed by atoms with van der Waals surface area (Å²) in [6, 6.07) is 13.6. The van der Waals surface area contributed by atoms with E-state index in [1.54, 1.807) is 26.4 Å². The first-order valence-corrected chi connectivity index (χ1v) is 10.4. The lowest BCUT2D eigenvalue weighted by Crippen LogP contribution is -2.29. The van der Waals surface area contributed by atoms with Gasteiger partial charge in [-0.05, 0) is 54.4 Å². The second kappa shape index (κ2) is 10.3. The Kier molecular flexibility index (Phi) is 7.54. The van der Waals surface area contributed by atoms with Crippen LogP contribution in [0.3, 0.4) is 0 Å². The summed E-state index contributed by atoms with van der Waals surface area (Å²) >= 11 is 0.947. The molecular formula is C23H25NO5S. The standard InChI is InChI=1S/C23H25NO5S/c1-16-6-4-7-18(12-16)15-29-19-9-8-17(13-20(19)28-3)14-21-22(25)24(23(26)30-21)10-5-11-27-2/h4,6-9,12-14H,5,10-11,15H2,1-3H3/b21-14+. The molecule has 0 aliphatic carbocycles. The Morgan fingerprint density at radius 2 is 1.90 bits per heavy atom. The van der Waals surface area contributed by atoms with Crippen molar-refractivity contribution in [2.24, 2.45) is 0 Å². The van der Waals surface area contributed by atoms with Crippen molar-refractivity contribution in [2.75, 3.05) is 27.4 Å². The quantitative estimate of drug-likeness (QED) is 0.429. The maximum absolute atomic E-state index is 12.5. The van der Waals surface area contributed by atoms with Gasteiger partial charge in [-0.3, -0.25) is 14.5 Å². The summed E-state index contributed by atoms with van der Waals surface area (Å²) in [5.41, 5.74) is 3.01. The Balaban J connectivity index is 1.71. The van der Waals surface area contributed by atoms with Crippen molar-refractivity contribution in [3.8, 4) is 11.5 Å². The van der Waals surface area contributed by atoms with Gasteiger partial charge in [0.05, 0.1) is 12.0 Å². The van der Waals surface area contributed by atoms with Gasteiger partial charge in [-0.2, -0.15) is 0 Å². The number of benzene rings is 2. The van der Waals surface area contributed by atoms with E-state index in [0.29, 0.717) is 42.6 Å². The summed E-state index contributed by atoms with van der Waals surface area (Å²) in [7, 11) is 3.16. The monoisotopic (exact) mass is 427 g/mol. The molecule has 0 spiro atoms. The van der Waals surface area contributed by atoms with E-state index >= 15 is 0 Å². The highest BCUT2D eigenvalue weighted by Crippen LogP contribution is 2.34. The predicted molar refractivity (Wildman–Crippen MR) is 118 cm³/mol. The van der Waals surface area contributed by atoms with Crippen LogP contribution in [0.25, 0.3) is 6.08 Å². The molecule has 1 aliphatic heterocycles. The maximum atomic E-state index is 12.5. The zero-order valence-corrected chi connectivity index (χ0v) is 18.2. The fourth-order valence-corrected chi connectivity index (χ4v) is 3.93. The summed E-state index contributed by atoms with van der Waals surface area (Å²) in [5, 5.41) is -0.257. The Hall–Kier alpha value is -2.77. The van der Waals surface area contributed by atoms with Gasteiger partial charge in [-0.25, -0.2) is 0 Å². The van der Waals surface area contributed by atoms with Gasteiger partial charge >= 0.3 is 0 Å². The molecule has 1 heterocycles. The van der Waals surface area contributed by atoms with Gasteiger partial charge in [0.1, 0.15) is 6.61 Å². The van der Waals surface area contributed by atoms with E-state index in [1.165, 1.54) is 10.5 Å². The molecule has 1 fully saturated rings. The summed E-state index contributed by atoms with van der Waals surface area (Å²) in [6.45, 7) is 3.32. The number of rotatable bonds is 9. The number of aryl methyl sites for hydroxylation is 1. The van der Waals surface area contributed by atoms with Crippen LogP contribution in [0, 0.1) is 6.92 Å². The fraction of sp³-hybridized carbons (Fsp3) is 0.304. The summed E-state index contributed by atoms with van der Waals surface area (Å²) in [5.74, 6) is 0.902. The molecule has 0 atom stereocenters. The number of methoxy groups -OCH3 is 2. The molecule has 30 heavy (non-hydrogen) atoms. The second-order valence-electron chi connectivity index (χ2n) is 6.87. The minimum Gasteiger partial charge on any atom is -0.493 e. The van der Waals surface area contributed by atoms with Crippen LogP contribution in [0.15, 0.2) is 47.4 Å². The van der Waals surface area contributed by atoms with E-state index in [1.807, 2.05) is 37.3 Å². The Bertz CT molecular complexity index is 956. The third-order valence-electron chi connectivity index (χ3n) is 4.57. The third-order valence-corrected chi connectivity index (χ3v) is 5.47. The largest absolute Gasteiger partial charge is 0.493 e. The number of thioether (sulfide) groups is 1. The van der Waals surface area contributed by atoms with Crippen molar-refractivity contribution in [1.82, 2.24) is 4.90 Å². The van der Waals surface area contributed by atoms with Crippen LogP contribution in [0.4, 0.5) is 4.79 Å². The van der Waals surface area contributed by atoms with Gasteiger partial charge in [0.25, 0.3) is 11.1 Å². The normalized spacial score (nSPS) is 15.2. The van der Waals surface area contributed by atoms with Gasteiger partial charge in [-0.1, -0.05) is 35.9 Å². The summed E-state index contributed by atoms with van der Waals surface area (Å²) in [4.78, 5) is 26.3. The lowest BCUT2D eigenvalue weighted by Gasteiger charge is -2.12. The van der Waals surface area contributed by atoms with Gasteiger partial charge in [0.15, 0.2) is 11.5 Å². The van der Waals surface area contributed by atoms with E-state index in [0.717, 1.165) is 22.9 Å². The highest BCUT2D eigenvalue weighted by atomic mass is 32.2. The highest BCUT2D eigenvalue weighted by molar-refractivity contribution is 8.18. The second-order valence-corrected chi connectivity index (χ2v) is 7.86. The number of carbonyl (C=O) groups excluding carboxylic acids is 2. The topological polar surface area (TPSA) is 65.1 Å². The van der Waals surface area contributed by atoms with E-state index in [9.17, 15) is 9.59 Å². The van der Waals surface area contributed by atoms with Crippen LogP contribution in [-0.4, -0.2) is 43.4 Å². The Labute approximate surface area is 180 Å². The van der Waals surface area contributed by atoms with Crippen molar-refractivity contribution < 1.29 is 23.8 Å². The van der Waals surface area contributed by atoms with Crippen LogP contribution in [0.5, 0.6) is 11.5 Å². The first-order chi connectivity index (χ1) is 14.5. The molecule has 1 saturated heterocycles. The van der Waals surface area contributed by atoms with Crippen LogP contribution in [0.1, 0.15) is 23.1 Å². The highest BCUT2D eigenvalue weighted by Gasteiger charge is 2.34. The average Bonchev–Trinajstić information content (AvgIpc) is 3.00. The smallest absolute Gasteiger partial charge is 0.293 e. The molecule has 1 aliphatic rings. The van der Waals surface area contributed by atoms with Gasteiger partial charge in [0.2, 0.25) is 0 Å². The minimum atomic E-state index is -0.278. The van der Waals surface area contributed by atoms with Crippen LogP contribution in [0.2, 0.25) is 0 Å². The van der Waals surface area contributed by atoms with Crippen molar-refractivity contribution in [2.45, 2.75) is 20.0 Å². The first-order valence-electron chi connectivity index (χ1n) is 9.62. The molecule has 0 saturated carbocycles. The third kappa shape index (κ3) is 5.43. The zero-order chi connectivity index (χ0) is 21.5. The van der Waals surface area contributed by atoms with Crippen LogP contribution < -0.4 is 9.47 Å². The van der Waals surface area contributed by atoms with Gasteiger partial charge < -0.3 is 14.2 Å².